The summed E-state index contributed by atoms with van der Waals surface area (Å²) < 4.78 is 5.33. The number of nitrogens with one attached hydrogen (secondary N) is 1. The molecule has 0 bridgehead atoms. The summed E-state index contributed by atoms with van der Waals surface area (Å²) in [5.74, 6) is 2.31. The second kappa shape index (κ2) is 15.2. The van der Waals surface area contributed by atoms with Gasteiger partial charge in [0.15, 0.2) is 0 Å². The van der Waals surface area contributed by atoms with E-state index in [0.29, 0.717) is 13.0 Å². The quantitative estimate of drug-likeness (QED) is 0.402. The average molecular weight is 313 g/mol. The fourth-order valence-corrected chi connectivity index (χ4v) is 2.95. The molecule has 0 heterocycles. The molecule has 0 saturated heterocycles. The van der Waals surface area contributed by atoms with E-state index in [-0.39, 0.29) is 18.2 Å². The maximum absolute atomic E-state index is 10.6. The molecule has 0 rings (SSSR count). The number of Topliss-reactive ketones (excluding diaryl/α,β-unsaturated/α-hetero) is 1. The fourth-order valence-electron chi connectivity index (χ4n) is 0.998. The molecule has 6 heteroatoms. The number of ketones is 1. The van der Waals surface area contributed by atoms with E-state index in [0.717, 1.165) is 36.7 Å². The third kappa shape index (κ3) is 16.2. The second-order valence-corrected chi connectivity index (χ2v) is 6.37. The summed E-state index contributed by atoms with van der Waals surface area (Å²) in [5.41, 5.74) is 1.10. The van der Waals surface area contributed by atoms with Crippen molar-refractivity contribution in [1.82, 2.24) is 5.32 Å². The molecule has 0 aliphatic heterocycles. The minimum absolute atomic E-state index is 0. The van der Waals surface area contributed by atoms with Crippen LogP contribution >= 0.6 is 21.6 Å². The van der Waals surface area contributed by atoms with Gasteiger partial charge >= 0.3 is 0 Å². The van der Waals surface area contributed by atoms with E-state index in [9.17, 15) is 4.79 Å². The molecule has 108 valence electrons. The first kappa shape index (κ1) is 20.5. The van der Waals surface area contributed by atoms with Crippen LogP contribution in [0.1, 0.15) is 26.2 Å². The van der Waals surface area contributed by atoms with Crippen molar-refractivity contribution in [3.63, 3.8) is 0 Å². The van der Waals surface area contributed by atoms with Gasteiger partial charge in [0.05, 0.1) is 13.2 Å². The third-order valence-electron chi connectivity index (χ3n) is 2.05. The van der Waals surface area contributed by atoms with E-state index in [1.54, 1.807) is 6.92 Å². The largest absolute Gasteiger partial charge is 1.00 e. The maximum Gasteiger partial charge on any atom is 0.132 e. The molecule has 0 saturated carbocycles. The van der Waals surface area contributed by atoms with Crippen molar-refractivity contribution in [2.45, 2.75) is 26.2 Å². The number of carbonyl (C=O) groups is 1. The Hall–Kier alpha value is 0.160. The van der Waals surface area contributed by atoms with Crippen LogP contribution in [-0.4, -0.2) is 37.6 Å². The van der Waals surface area contributed by atoms with E-state index in [2.05, 4.69) is 11.9 Å². The number of hydrogen-bond acceptors (Lipinski definition) is 5. The first-order valence-electron chi connectivity index (χ1n) is 5.84. The highest BCUT2D eigenvalue weighted by molar-refractivity contribution is 8.76. The van der Waals surface area contributed by atoms with Crippen molar-refractivity contribution in [1.29, 1.82) is 0 Å². The standard InChI is InChI=1S/C12H23NO2S2.ClH/c1-11(13-3)5-4-9-16-17-10-8-15-7-6-12(2)14;/h13H,1,4-10H2,2-3H3;1H/p-1. The first-order chi connectivity index (χ1) is 8.16. The highest BCUT2D eigenvalue weighted by Gasteiger charge is 1.95. The Morgan fingerprint density at radius 1 is 1.22 bits per heavy atom. The minimum Gasteiger partial charge on any atom is -1.00 e. The predicted molar refractivity (Wildman–Crippen MR) is 78.5 cm³/mol. The van der Waals surface area contributed by atoms with E-state index < -0.39 is 0 Å². The van der Waals surface area contributed by atoms with Gasteiger partial charge in [0.25, 0.3) is 0 Å². The number of hydrogen-bond donors (Lipinski definition) is 1. The van der Waals surface area contributed by atoms with Crippen LogP contribution < -0.4 is 17.7 Å². The summed E-state index contributed by atoms with van der Waals surface area (Å²) >= 11 is 0. The van der Waals surface area contributed by atoms with Crippen LogP contribution in [0.4, 0.5) is 0 Å². The highest BCUT2D eigenvalue weighted by atomic mass is 35.5. The predicted octanol–water partition coefficient (Wildman–Crippen LogP) is -0.119. The summed E-state index contributed by atoms with van der Waals surface area (Å²) in [6, 6.07) is 0. The van der Waals surface area contributed by atoms with Gasteiger partial charge in [0.1, 0.15) is 5.78 Å². The van der Waals surface area contributed by atoms with E-state index in [1.807, 2.05) is 28.6 Å². The van der Waals surface area contributed by atoms with Crippen LogP contribution in [-0.2, 0) is 9.53 Å². The summed E-state index contributed by atoms with van der Waals surface area (Å²) in [6.45, 7) is 6.76. The van der Waals surface area contributed by atoms with Crippen molar-refractivity contribution in [2.75, 3.05) is 31.8 Å². The van der Waals surface area contributed by atoms with Crippen molar-refractivity contribution in [3.05, 3.63) is 12.3 Å². The first-order valence-corrected chi connectivity index (χ1v) is 8.32. The van der Waals surface area contributed by atoms with Gasteiger partial charge in [0.2, 0.25) is 0 Å². The number of halogens is 1. The van der Waals surface area contributed by atoms with Crippen LogP contribution in [0.3, 0.4) is 0 Å². The molecule has 0 aliphatic carbocycles. The van der Waals surface area contributed by atoms with E-state index >= 15 is 0 Å². The van der Waals surface area contributed by atoms with Crippen molar-refractivity contribution in [3.8, 4) is 0 Å². The molecule has 0 atom stereocenters. The van der Waals surface area contributed by atoms with Crippen molar-refractivity contribution >= 4 is 27.4 Å². The van der Waals surface area contributed by atoms with Crippen molar-refractivity contribution < 1.29 is 21.9 Å². The average Bonchev–Trinajstić information content (AvgIpc) is 2.30. The van der Waals surface area contributed by atoms with Gasteiger partial charge in [0, 0.05) is 30.7 Å². The Balaban J connectivity index is 0. The van der Waals surface area contributed by atoms with Gasteiger partial charge in [-0.3, -0.25) is 4.79 Å². The Bertz CT molecular complexity index is 228. The molecule has 1 N–H and O–H groups in total. The summed E-state index contributed by atoms with van der Waals surface area (Å²) in [4.78, 5) is 10.6. The van der Waals surface area contributed by atoms with Crippen LogP contribution in [0.2, 0.25) is 0 Å². The van der Waals surface area contributed by atoms with Crippen LogP contribution in [0.5, 0.6) is 0 Å². The number of ether oxygens (including phenoxy) is 1. The summed E-state index contributed by atoms with van der Waals surface area (Å²) in [6.07, 6.45) is 2.73. The van der Waals surface area contributed by atoms with E-state index in [4.69, 9.17) is 4.74 Å². The monoisotopic (exact) mass is 312 g/mol. The van der Waals surface area contributed by atoms with Crippen LogP contribution in [0, 0.1) is 0 Å². The number of carbonyl (C=O) groups excluding carboxylic acids is 1. The molecule has 0 unspecified atom stereocenters. The lowest BCUT2D eigenvalue weighted by atomic mass is 10.3. The molecular formula is C12H23ClNO2S2-. The molecular weight excluding hydrogens is 290 g/mol. The molecule has 0 amide bonds. The summed E-state index contributed by atoms with van der Waals surface area (Å²) in [5, 5.41) is 3.04. The van der Waals surface area contributed by atoms with Gasteiger partial charge in [-0.15, -0.1) is 0 Å². The fraction of sp³-hybridized carbons (Fsp3) is 0.750. The van der Waals surface area contributed by atoms with Gasteiger partial charge in [-0.25, -0.2) is 0 Å². The molecule has 0 aromatic heterocycles. The molecule has 0 radical (unpaired) electrons. The Morgan fingerprint density at radius 2 is 1.89 bits per heavy atom. The zero-order valence-electron chi connectivity index (χ0n) is 11.2. The lowest BCUT2D eigenvalue weighted by molar-refractivity contribution is -0.118. The normalized spacial score (nSPS) is 9.67. The molecule has 0 aromatic rings. The third-order valence-corrected chi connectivity index (χ3v) is 4.51. The zero-order valence-corrected chi connectivity index (χ0v) is 13.6. The molecule has 3 nitrogen and oxygen atoms in total. The lowest BCUT2D eigenvalue weighted by Crippen LogP contribution is -3.00. The Labute approximate surface area is 125 Å². The van der Waals surface area contributed by atoms with Gasteiger partial charge in [-0.1, -0.05) is 28.2 Å². The molecule has 0 aromatic carbocycles. The van der Waals surface area contributed by atoms with Gasteiger partial charge in [-0.2, -0.15) is 0 Å². The molecule has 18 heavy (non-hydrogen) atoms. The van der Waals surface area contributed by atoms with E-state index in [1.165, 1.54) is 0 Å². The SMILES string of the molecule is C=C(CCCSSCCOCCC(C)=O)NC.[Cl-]. The molecule has 0 aliphatic rings. The Morgan fingerprint density at radius 3 is 2.50 bits per heavy atom. The van der Waals surface area contributed by atoms with Gasteiger partial charge in [-0.05, 0) is 19.8 Å². The topological polar surface area (TPSA) is 38.3 Å². The smallest absolute Gasteiger partial charge is 0.132 e. The Kier molecular flexibility index (Phi) is 17.3. The van der Waals surface area contributed by atoms with Crippen molar-refractivity contribution in [2.24, 2.45) is 0 Å². The van der Waals surface area contributed by atoms with Crippen LogP contribution in [0.15, 0.2) is 12.3 Å². The summed E-state index contributed by atoms with van der Waals surface area (Å²) in [7, 11) is 5.60. The highest BCUT2D eigenvalue weighted by Crippen LogP contribution is 2.22. The zero-order chi connectivity index (χ0) is 12.9. The number of allylic oxidation sites excluding steroid dienone is 1. The molecule has 0 fully saturated rings. The minimum atomic E-state index is 0. The molecule has 0 spiro atoms. The number of rotatable bonds is 12. The van der Waals surface area contributed by atoms with Gasteiger partial charge < -0.3 is 22.5 Å². The maximum atomic E-state index is 10.6. The second-order valence-electron chi connectivity index (χ2n) is 3.67. The van der Waals surface area contributed by atoms with Crippen LogP contribution in [0.25, 0.3) is 0 Å². The lowest BCUT2D eigenvalue weighted by Gasteiger charge is -2.04.